The van der Waals surface area contributed by atoms with Crippen LogP contribution in [0.5, 0.6) is 11.5 Å². The van der Waals surface area contributed by atoms with Crippen molar-refractivity contribution < 1.29 is 33.3 Å². The Morgan fingerprint density at radius 3 is 2.41 bits per heavy atom. The van der Waals surface area contributed by atoms with Crippen molar-refractivity contribution in [1.29, 1.82) is 0 Å². The Kier molecular flexibility index (Phi) is 5.55. The van der Waals surface area contributed by atoms with Gasteiger partial charge in [0.2, 0.25) is 6.79 Å². The number of amides is 1. The molecule has 2 aromatic carbocycles. The number of fused-ring (bicyclic) bond motifs is 1. The monoisotopic (exact) mass is 371 g/mol. The van der Waals surface area contributed by atoms with Crippen LogP contribution in [0.4, 0.5) is 0 Å². The van der Waals surface area contributed by atoms with Crippen LogP contribution in [0.15, 0.2) is 42.5 Å². The SMILES string of the molecule is COC(=O)c1ccc(CNC(=O)COC(=O)c2ccc3c(c2)OCO3)cc1. The van der Waals surface area contributed by atoms with Crippen molar-refractivity contribution in [3.63, 3.8) is 0 Å². The number of hydrogen-bond acceptors (Lipinski definition) is 7. The lowest BCUT2D eigenvalue weighted by molar-refractivity contribution is -0.124. The largest absolute Gasteiger partial charge is 0.465 e. The van der Waals surface area contributed by atoms with Crippen molar-refractivity contribution in [3.05, 3.63) is 59.2 Å². The molecule has 27 heavy (non-hydrogen) atoms. The van der Waals surface area contributed by atoms with Crippen molar-refractivity contribution in [2.45, 2.75) is 6.54 Å². The molecule has 0 saturated carbocycles. The summed E-state index contributed by atoms with van der Waals surface area (Å²) >= 11 is 0. The molecule has 8 heteroatoms. The second kappa shape index (κ2) is 8.22. The molecule has 1 aliphatic heterocycles. The van der Waals surface area contributed by atoms with Crippen LogP contribution in [0.3, 0.4) is 0 Å². The van der Waals surface area contributed by atoms with Crippen LogP contribution in [0.2, 0.25) is 0 Å². The zero-order valence-corrected chi connectivity index (χ0v) is 14.5. The van der Waals surface area contributed by atoms with Gasteiger partial charge in [-0.25, -0.2) is 9.59 Å². The van der Waals surface area contributed by atoms with Crippen molar-refractivity contribution in [2.75, 3.05) is 20.5 Å². The summed E-state index contributed by atoms with van der Waals surface area (Å²) in [5.74, 6) is -0.486. The minimum atomic E-state index is -0.633. The number of esters is 2. The van der Waals surface area contributed by atoms with Gasteiger partial charge in [0.15, 0.2) is 18.1 Å². The quantitative estimate of drug-likeness (QED) is 0.771. The molecule has 1 aliphatic rings. The summed E-state index contributed by atoms with van der Waals surface area (Å²) in [4.78, 5) is 35.2. The van der Waals surface area contributed by atoms with Gasteiger partial charge in [-0.05, 0) is 35.9 Å². The number of hydrogen-bond donors (Lipinski definition) is 1. The lowest BCUT2D eigenvalue weighted by Gasteiger charge is -2.08. The van der Waals surface area contributed by atoms with E-state index < -0.39 is 24.5 Å². The summed E-state index contributed by atoms with van der Waals surface area (Å²) < 4.78 is 20.0. The number of ether oxygens (including phenoxy) is 4. The van der Waals surface area contributed by atoms with E-state index >= 15 is 0 Å². The van der Waals surface area contributed by atoms with Crippen molar-refractivity contribution >= 4 is 17.8 Å². The molecule has 0 saturated heterocycles. The van der Waals surface area contributed by atoms with Crippen LogP contribution in [0, 0.1) is 0 Å². The van der Waals surface area contributed by atoms with Gasteiger partial charge in [0, 0.05) is 6.54 Å². The zero-order valence-electron chi connectivity index (χ0n) is 14.5. The maximum absolute atomic E-state index is 12.0. The molecule has 0 aromatic heterocycles. The minimum Gasteiger partial charge on any atom is -0.465 e. The van der Waals surface area contributed by atoms with Gasteiger partial charge in [-0.1, -0.05) is 12.1 Å². The molecule has 1 heterocycles. The summed E-state index contributed by atoms with van der Waals surface area (Å²) in [6, 6.07) is 11.3. The van der Waals surface area contributed by atoms with E-state index in [9.17, 15) is 14.4 Å². The number of methoxy groups -OCH3 is 1. The highest BCUT2D eigenvalue weighted by molar-refractivity contribution is 5.92. The molecule has 1 N–H and O–H groups in total. The topological polar surface area (TPSA) is 100 Å². The molecule has 0 aliphatic carbocycles. The normalized spacial score (nSPS) is 11.6. The van der Waals surface area contributed by atoms with E-state index in [0.29, 0.717) is 17.1 Å². The molecular formula is C19H17NO7. The van der Waals surface area contributed by atoms with Gasteiger partial charge in [-0.3, -0.25) is 4.79 Å². The summed E-state index contributed by atoms with van der Waals surface area (Å²) in [6.07, 6.45) is 0. The molecule has 0 atom stereocenters. The number of carbonyl (C=O) groups is 3. The van der Waals surface area contributed by atoms with E-state index in [1.807, 2.05) is 0 Å². The van der Waals surface area contributed by atoms with Crippen LogP contribution in [0.1, 0.15) is 26.3 Å². The predicted octanol–water partition coefficient (Wildman–Crippen LogP) is 1.68. The van der Waals surface area contributed by atoms with Gasteiger partial charge < -0.3 is 24.3 Å². The van der Waals surface area contributed by atoms with E-state index in [0.717, 1.165) is 5.56 Å². The van der Waals surface area contributed by atoms with E-state index in [2.05, 4.69) is 10.1 Å². The zero-order chi connectivity index (χ0) is 19.2. The predicted molar refractivity (Wildman–Crippen MR) is 92.5 cm³/mol. The molecule has 0 radical (unpaired) electrons. The molecule has 1 amide bonds. The molecule has 0 fully saturated rings. The standard InChI is InChI=1S/C19H17NO7/c1-24-18(22)13-4-2-12(3-5-13)9-20-17(21)10-25-19(23)14-6-7-15-16(8-14)27-11-26-15/h2-8H,9-11H2,1H3,(H,20,21). The smallest absolute Gasteiger partial charge is 0.338 e. The van der Waals surface area contributed by atoms with Crippen LogP contribution in [0.25, 0.3) is 0 Å². The molecule has 2 aromatic rings. The molecule has 3 rings (SSSR count). The number of nitrogens with one attached hydrogen (secondary N) is 1. The van der Waals surface area contributed by atoms with E-state index in [1.165, 1.54) is 19.2 Å². The molecule has 0 unspecified atom stereocenters. The fourth-order valence-electron chi connectivity index (χ4n) is 2.37. The molecular weight excluding hydrogens is 354 g/mol. The Morgan fingerprint density at radius 2 is 1.67 bits per heavy atom. The Balaban J connectivity index is 1.45. The van der Waals surface area contributed by atoms with Crippen LogP contribution >= 0.6 is 0 Å². The third kappa shape index (κ3) is 4.55. The maximum atomic E-state index is 12.0. The second-order valence-corrected chi connectivity index (χ2v) is 5.61. The van der Waals surface area contributed by atoms with Gasteiger partial charge in [-0.15, -0.1) is 0 Å². The van der Waals surface area contributed by atoms with Crippen molar-refractivity contribution in [3.8, 4) is 11.5 Å². The molecule has 140 valence electrons. The number of rotatable bonds is 6. The van der Waals surface area contributed by atoms with E-state index in [4.69, 9.17) is 14.2 Å². The second-order valence-electron chi connectivity index (χ2n) is 5.61. The summed E-state index contributed by atoms with van der Waals surface area (Å²) in [5.41, 5.74) is 1.48. The van der Waals surface area contributed by atoms with Gasteiger partial charge in [0.1, 0.15) is 0 Å². The Hall–Kier alpha value is -3.55. The Bertz CT molecular complexity index is 861. The summed E-state index contributed by atoms with van der Waals surface area (Å²) in [7, 11) is 1.31. The minimum absolute atomic E-state index is 0.108. The fourth-order valence-corrected chi connectivity index (χ4v) is 2.37. The fraction of sp³-hybridized carbons (Fsp3) is 0.211. The average Bonchev–Trinajstić information content (AvgIpc) is 3.18. The maximum Gasteiger partial charge on any atom is 0.338 e. The molecule has 8 nitrogen and oxygen atoms in total. The van der Waals surface area contributed by atoms with Gasteiger partial charge in [0.25, 0.3) is 5.91 Å². The first-order chi connectivity index (χ1) is 13.1. The van der Waals surface area contributed by atoms with E-state index in [1.54, 1.807) is 30.3 Å². The van der Waals surface area contributed by atoms with Crippen LogP contribution < -0.4 is 14.8 Å². The third-order valence-corrected chi connectivity index (χ3v) is 3.81. The van der Waals surface area contributed by atoms with Crippen LogP contribution in [-0.4, -0.2) is 38.4 Å². The van der Waals surface area contributed by atoms with Crippen LogP contribution in [-0.2, 0) is 20.8 Å². The third-order valence-electron chi connectivity index (χ3n) is 3.81. The Morgan fingerprint density at radius 1 is 0.963 bits per heavy atom. The first-order valence-corrected chi connectivity index (χ1v) is 8.07. The highest BCUT2D eigenvalue weighted by Crippen LogP contribution is 2.32. The molecule has 0 bridgehead atoms. The highest BCUT2D eigenvalue weighted by atomic mass is 16.7. The van der Waals surface area contributed by atoms with Gasteiger partial charge in [0.05, 0.1) is 18.2 Å². The van der Waals surface area contributed by atoms with Gasteiger partial charge >= 0.3 is 11.9 Å². The van der Waals surface area contributed by atoms with Gasteiger partial charge in [-0.2, -0.15) is 0 Å². The summed E-state index contributed by atoms with van der Waals surface area (Å²) in [5, 5.41) is 2.63. The first kappa shape index (κ1) is 18.2. The first-order valence-electron chi connectivity index (χ1n) is 8.07. The molecule has 0 spiro atoms. The lowest BCUT2D eigenvalue weighted by Crippen LogP contribution is -2.28. The number of carbonyl (C=O) groups excluding carboxylic acids is 3. The Labute approximate surface area is 155 Å². The lowest BCUT2D eigenvalue weighted by atomic mass is 10.1. The van der Waals surface area contributed by atoms with E-state index in [-0.39, 0.29) is 18.9 Å². The average molecular weight is 371 g/mol. The number of benzene rings is 2. The highest BCUT2D eigenvalue weighted by Gasteiger charge is 2.17. The van der Waals surface area contributed by atoms with Crippen molar-refractivity contribution in [2.24, 2.45) is 0 Å². The summed E-state index contributed by atoms with van der Waals surface area (Å²) in [6.45, 7) is -0.0633. The van der Waals surface area contributed by atoms with Crippen molar-refractivity contribution in [1.82, 2.24) is 5.32 Å².